The molecule has 19 nitrogen and oxygen atoms in total. The van der Waals surface area contributed by atoms with Crippen molar-refractivity contribution >= 4 is 63.9 Å². The number of carbonyl (C=O) groups is 6. The lowest BCUT2D eigenvalue weighted by Gasteiger charge is -2.34. The molecule has 8 rings (SSSR count). The number of fused-ring (bicyclic) bond motifs is 2. The summed E-state index contributed by atoms with van der Waals surface area (Å²) in [5, 5.41) is 5.41. The molecule has 3 aliphatic rings. The maximum absolute atomic E-state index is 14.2. The van der Waals surface area contributed by atoms with Gasteiger partial charge in [-0.05, 0) is 123 Å². The summed E-state index contributed by atoms with van der Waals surface area (Å²) in [5.74, 6) is -0.272. The first-order valence-electron chi connectivity index (χ1n) is 26.4. The Hall–Kier alpha value is -7.18. The van der Waals surface area contributed by atoms with Crippen LogP contribution in [0, 0.1) is 11.8 Å². The van der Waals surface area contributed by atoms with E-state index in [2.05, 4.69) is 66.6 Å². The van der Waals surface area contributed by atoms with Gasteiger partial charge in [0.15, 0.2) is 0 Å². The number of imidazole rings is 2. The topological polar surface area (TPSA) is 209 Å². The lowest BCUT2D eigenvalue weighted by atomic mass is 9.87. The number of alkyl carbamates (subject to hydrolysis) is 2. The van der Waals surface area contributed by atoms with Crippen molar-refractivity contribution in [1.82, 2.24) is 39.5 Å². The summed E-state index contributed by atoms with van der Waals surface area (Å²) in [6.45, 7) is 18.6. The van der Waals surface area contributed by atoms with Gasteiger partial charge in [-0.15, -0.1) is 0 Å². The van der Waals surface area contributed by atoms with Crippen molar-refractivity contribution < 1.29 is 47.7 Å². The van der Waals surface area contributed by atoms with Crippen LogP contribution in [0.4, 0.5) is 24.9 Å². The average molecular weight is 1030 g/mol. The van der Waals surface area contributed by atoms with Gasteiger partial charge in [-0.3, -0.25) is 9.59 Å². The number of hydrogen-bond donors (Lipinski definition) is 2. The average Bonchev–Trinajstić information content (AvgIpc) is 4.25. The summed E-state index contributed by atoms with van der Waals surface area (Å²) in [7, 11) is 2.52. The Morgan fingerprint density at radius 1 is 0.600 bits per heavy atom. The predicted molar refractivity (Wildman–Crippen MR) is 282 cm³/mol. The zero-order valence-electron chi connectivity index (χ0n) is 45.2. The predicted octanol–water partition coefficient (Wildman–Crippen LogP) is 9.86. The molecule has 0 saturated carbocycles. The van der Waals surface area contributed by atoms with Gasteiger partial charge in [0.05, 0.1) is 73.7 Å². The maximum atomic E-state index is 14.2. The van der Waals surface area contributed by atoms with Gasteiger partial charge in [0.1, 0.15) is 23.7 Å². The minimum Gasteiger partial charge on any atom is -0.453 e. The van der Waals surface area contributed by atoms with Crippen LogP contribution in [-0.2, 0) is 34.0 Å². The zero-order chi connectivity index (χ0) is 54.0. The highest BCUT2D eigenvalue weighted by atomic mass is 16.6. The smallest absolute Gasteiger partial charge is 0.420 e. The molecule has 0 bridgehead atoms. The van der Waals surface area contributed by atoms with Crippen LogP contribution >= 0.6 is 0 Å². The van der Waals surface area contributed by atoms with E-state index in [-0.39, 0.29) is 54.4 Å². The second-order valence-corrected chi connectivity index (χ2v) is 21.4. The summed E-state index contributed by atoms with van der Waals surface area (Å²) >= 11 is 0. The van der Waals surface area contributed by atoms with Crippen molar-refractivity contribution in [2.45, 2.75) is 143 Å². The number of benzene rings is 3. The molecular formula is C56H73N9O10. The van der Waals surface area contributed by atoms with E-state index in [0.29, 0.717) is 72.5 Å². The molecule has 0 aliphatic carbocycles. The second-order valence-electron chi connectivity index (χ2n) is 21.4. The molecule has 4 amide bonds. The molecule has 2 aromatic heterocycles. The van der Waals surface area contributed by atoms with E-state index in [0.717, 1.165) is 29.7 Å². The number of rotatable bonds is 13. The third kappa shape index (κ3) is 10.7. The van der Waals surface area contributed by atoms with Gasteiger partial charge in [0.2, 0.25) is 11.8 Å². The van der Waals surface area contributed by atoms with Crippen molar-refractivity contribution in [1.29, 1.82) is 0 Å². The monoisotopic (exact) mass is 1030 g/mol. The van der Waals surface area contributed by atoms with Crippen LogP contribution in [0.2, 0.25) is 0 Å². The summed E-state index contributed by atoms with van der Waals surface area (Å²) in [4.78, 5) is 97.3. The van der Waals surface area contributed by atoms with Gasteiger partial charge in [-0.25, -0.2) is 38.3 Å². The molecule has 3 saturated heterocycles. The van der Waals surface area contributed by atoms with Crippen LogP contribution < -0.4 is 15.5 Å². The number of aromatic nitrogens is 4. The van der Waals surface area contributed by atoms with E-state index in [1.165, 1.54) is 28.9 Å². The van der Waals surface area contributed by atoms with Crippen LogP contribution in [0.5, 0.6) is 0 Å². The Balaban J connectivity index is 1.20. The van der Waals surface area contributed by atoms with Crippen LogP contribution in [0.1, 0.15) is 153 Å². The SMILES string of the molecule is CCOC(=O)n1c([C@@H]2CCCN2C(=O)[C@@H](NC(=O)OC)C(C)C)nc2cc([C@H]3CC[C@H](c4ccc5nc([C@@H]6CCCN6C(=O)[C@@H](NC(=O)OC)C(C)C)n(C(=O)OCC)c5c4)N3c3ccc(C(C)(C)C)cc3)ccc21. The largest absolute Gasteiger partial charge is 0.453 e. The van der Waals surface area contributed by atoms with Crippen LogP contribution in [0.3, 0.4) is 0 Å². The molecule has 3 aromatic carbocycles. The van der Waals surface area contributed by atoms with E-state index in [1.807, 2.05) is 58.0 Å². The molecule has 19 heteroatoms. The lowest BCUT2D eigenvalue weighted by Crippen LogP contribution is -2.51. The maximum Gasteiger partial charge on any atom is 0.420 e. The first-order valence-corrected chi connectivity index (χ1v) is 26.4. The van der Waals surface area contributed by atoms with Crippen molar-refractivity contribution in [3.8, 4) is 0 Å². The number of nitrogens with zero attached hydrogens (tertiary/aromatic N) is 7. The van der Waals surface area contributed by atoms with E-state index < -0.39 is 48.5 Å². The van der Waals surface area contributed by atoms with Crippen molar-refractivity contribution in [3.63, 3.8) is 0 Å². The fourth-order valence-corrected chi connectivity index (χ4v) is 11.2. The van der Waals surface area contributed by atoms with Crippen LogP contribution in [-0.4, -0.2) is 118 Å². The third-order valence-electron chi connectivity index (χ3n) is 14.9. The number of carbonyl (C=O) groups excluding carboxylic acids is 6. The summed E-state index contributed by atoms with van der Waals surface area (Å²) in [5.41, 5.74) is 6.26. The fraction of sp³-hybridized carbons (Fsp3) is 0.536. The number of amides is 4. The van der Waals surface area contributed by atoms with Gasteiger partial charge < -0.3 is 44.3 Å². The van der Waals surface area contributed by atoms with Crippen LogP contribution in [0.15, 0.2) is 60.7 Å². The number of likely N-dealkylation sites (tertiary alicyclic amines) is 2. The highest BCUT2D eigenvalue weighted by Crippen LogP contribution is 2.49. The number of anilines is 1. The van der Waals surface area contributed by atoms with Crippen molar-refractivity contribution in [2.75, 3.05) is 45.4 Å². The van der Waals surface area contributed by atoms with Crippen LogP contribution in [0.25, 0.3) is 22.1 Å². The molecule has 0 unspecified atom stereocenters. The molecule has 0 radical (unpaired) electrons. The zero-order valence-corrected chi connectivity index (χ0v) is 45.2. The fourth-order valence-electron chi connectivity index (χ4n) is 11.2. The molecule has 6 atom stereocenters. The standard InChI is InChI=1S/C56H73N9O10/c1-12-74-54(70)64-42-25-19-34(30-39(42)58-49(64)44-17-15-29-62(44)51(67)47(33(5)6)60-53(69)73-11)40-26-27-41(63(40)37-22-20-36(21-23-37)56(7,8)9)35-18-24-38-45(31-35)65(55(71)75-13-2)48(57-38)43-16-14-28-61(43)50(66)46(32(3)4)59-52(68)72-10/h18-25,30-33,40-41,43-44,46-47H,12-17,26-29H2,1-11H3,(H,59,68)(H,60,69)/t40-,41-,43+,44+,46+,47+/m1/s1. The minimum absolute atomic E-state index is 0.0861. The molecular weight excluding hydrogens is 959 g/mol. The first kappa shape index (κ1) is 54.1. The van der Waals surface area contributed by atoms with Gasteiger partial charge in [0.25, 0.3) is 0 Å². The first-order chi connectivity index (χ1) is 35.8. The molecule has 2 N–H and O–H groups in total. The number of ether oxygens (including phenoxy) is 4. The Morgan fingerprint density at radius 3 is 1.53 bits per heavy atom. The van der Waals surface area contributed by atoms with E-state index in [9.17, 15) is 28.8 Å². The van der Waals surface area contributed by atoms with Gasteiger partial charge >= 0.3 is 24.4 Å². The molecule has 5 aromatic rings. The number of methoxy groups -OCH3 is 2. The lowest BCUT2D eigenvalue weighted by molar-refractivity contribution is -0.136. The summed E-state index contributed by atoms with van der Waals surface area (Å²) in [6, 6.07) is 17.4. The highest BCUT2D eigenvalue weighted by Gasteiger charge is 2.43. The Labute approximate surface area is 438 Å². The molecule has 3 aliphatic heterocycles. The van der Waals surface area contributed by atoms with Crippen molar-refractivity contribution in [3.05, 3.63) is 89.0 Å². The third-order valence-corrected chi connectivity index (χ3v) is 14.9. The molecule has 75 heavy (non-hydrogen) atoms. The minimum atomic E-state index is -0.855. The van der Waals surface area contributed by atoms with Gasteiger partial charge in [-0.1, -0.05) is 72.7 Å². The Morgan fingerprint density at radius 2 is 1.07 bits per heavy atom. The van der Waals surface area contributed by atoms with Crippen molar-refractivity contribution in [2.24, 2.45) is 11.8 Å². The Bertz CT molecular complexity index is 2940. The highest BCUT2D eigenvalue weighted by molar-refractivity contribution is 5.91. The van der Waals surface area contributed by atoms with E-state index in [4.69, 9.17) is 28.9 Å². The quantitative estimate of drug-likeness (QED) is 0.105. The molecule has 3 fully saturated rings. The summed E-state index contributed by atoms with van der Waals surface area (Å²) < 4.78 is 24.0. The normalized spacial score (nSPS) is 19.7. The molecule has 402 valence electrons. The summed E-state index contributed by atoms with van der Waals surface area (Å²) in [6.07, 6.45) is 1.33. The number of hydrogen-bond acceptors (Lipinski definition) is 13. The second kappa shape index (κ2) is 22.3. The number of nitrogens with one attached hydrogen (secondary N) is 2. The Kier molecular flexibility index (Phi) is 16.1. The molecule has 0 spiro atoms. The van der Waals surface area contributed by atoms with Gasteiger partial charge in [-0.2, -0.15) is 0 Å². The molecule has 5 heterocycles. The van der Waals surface area contributed by atoms with E-state index >= 15 is 0 Å². The van der Waals surface area contributed by atoms with E-state index in [1.54, 1.807) is 23.6 Å². The van der Waals surface area contributed by atoms with Gasteiger partial charge in [0, 0.05) is 18.8 Å².